The molecule has 0 spiro atoms. The SMILES string of the molecule is CC(C)CCNC(=S)NCCNC(=S)NCCC(C)(C)S(=O)(=O)O. The average Bonchev–Trinajstić information content (AvgIpc) is 2.41. The maximum atomic E-state index is 11.2. The van der Waals surface area contributed by atoms with Crippen molar-refractivity contribution in [1.29, 1.82) is 0 Å². The summed E-state index contributed by atoms with van der Waals surface area (Å²) in [6, 6.07) is 0. The summed E-state index contributed by atoms with van der Waals surface area (Å²) in [6.07, 6.45) is 1.31. The summed E-state index contributed by atoms with van der Waals surface area (Å²) in [5, 5.41) is 13.2. The maximum absolute atomic E-state index is 11.2. The van der Waals surface area contributed by atoms with Crippen molar-refractivity contribution in [3.05, 3.63) is 0 Å². The van der Waals surface area contributed by atoms with Gasteiger partial charge in [0.15, 0.2) is 10.2 Å². The molecule has 0 amide bonds. The van der Waals surface area contributed by atoms with Crippen molar-refractivity contribution in [3.63, 3.8) is 0 Å². The monoisotopic (exact) mass is 398 g/mol. The van der Waals surface area contributed by atoms with Gasteiger partial charge in [-0.2, -0.15) is 8.42 Å². The van der Waals surface area contributed by atoms with Crippen LogP contribution in [0.2, 0.25) is 0 Å². The van der Waals surface area contributed by atoms with Crippen LogP contribution in [0.4, 0.5) is 0 Å². The van der Waals surface area contributed by atoms with Crippen LogP contribution in [0.3, 0.4) is 0 Å². The van der Waals surface area contributed by atoms with Gasteiger partial charge in [-0.15, -0.1) is 0 Å². The fourth-order valence-corrected chi connectivity index (χ4v) is 2.33. The number of thiocarbonyl (C=S) groups is 2. The van der Waals surface area contributed by atoms with Crippen LogP contribution in [-0.2, 0) is 10.1 Å². The van der Waals surface area contributed by atoms with Crippen LogP contribution in [0.5, 0.6) is 0 Å². The summed E-state index contributed by atoms with van der Waals surface area (Å²) < 4.78 is 30.2. The summed E-state index contributed by atoms with van der Waals surface area (Å²) in [5.74, 6) is 0.635. The Morgan fingerprint density at radius 3 is 1.79 bits per heavy atom. The lowest BCUT2D eigenvalue weighted by Gasteiger charge is -2.21. The molecule has 0 saturated heterocycles. The van der Waals surface area contributed by atoms with Gasteiger partial charge in [0.25, 0.3) is 10.1 Å². The van der Waals surface area contributed by atoms with Crippen molar-refractivity contribution in [1.82, 2.24) is 21.3 Å². The van der Waals surface area contributed by atoms with Gasteiger partial charge in [-0.25, -0.2) is 0 Å². The standard InChI is InChI=1S/C14H30N4O3S3/c1-11(2)5-7-15-12(22)17-9-10-18-13(23)16-8-6-14(3,4)24(19,20)21/h11H,5-10H2,1-4H3,(H2,15,17,22)(H2,16,18,23)(H,19,20,21). The molecule has 0 fully saturated rings. The molecule has 0 bridgehead atoms. The Labute approximate surface area is 156 Å². The van der Waals surface area contributed by atoms with E-state index < -0.39 is 14.9 Å². The Bertz CT molecular complexity index is 507. The molecule has 0 aliphatic heterocycles. The zero-order valence-electron chi connectivity index (χ0n) is 14.8. The van der Waals surface area contributed by atoms with E-state index in [0.29, 0.717) is 35.8 Å². The highest BCUT2D eigenvalue weighted by Gasteiger charge is 2.31. The second-order valence-electron chi connectivity index (χ2n) is 6.53. The van der Waals surface area contributed by atoms with Crippen LogP contribution < -0.4 is 21.3 Å². The molecule has 5 N–H and O–H groups in total. The second-order valence-corrected chi connectivity index (χ2v) is 9.40. The average molecular weight is 399 g/mol. The summed E-state index contributed by atoms with van der Waals surface area (Å²) in [4.78, 5) is 0. The van der Waals surface area contributed by atoms with Crippen molar-refractivity contribution in [2.45, 2.75) is 45.3 Å². The Balaban J connectivity index is 3.76. The maximum Gasteiger partial charge on any atom is 0.270 e. The molecule has 0 aromatic heterocycles. The van der Waals surface area contributed by atoms with Crippen molar-refractivity contribution < 1.29 is 13.0 Å². The zero-order valence-corrected chi connectivity index (χ0v) is 17.3. The third-order valence-corrected chi connectivity index (χ3v) is 5.59. The lowest BCUT2D eigenvalue weighted by molar-refractivity contribution is 0.431. The molecule has 0 aliphatic carbocycles. The van der Waals surface area contributed by atoms with Crippen LogP contribution in [0.1, 0.15) is 40.5 Å². The Morgan fingerprint density at radius 2 is 1.38 bits per heavy atom. The molecule has 0 radical (unpaired) electrons. The lowest BCUT2D eigenvalue weighted by Crippen LogP contribution is -2.44. The van der Waals surface area contributed by atoms with Gasteiger partial charge in [-0.05, 0) is 57.0 Å². The van der Waals surface area contributed by atoms with Crippen molar-refractivity contribution in [2.24, 2.45) is 5.92 Å². The highest BCUT2D eigenvalue weighted by molar-refractivity contribution is 7.87. The number of nitrogens with one attached hydrogen (secondary N) is 4. The molecule has 0 aromatic carbocycles. The largest absolute Gasteiger partial charge is 0.363 e. The van der Waals surface area contributed by atoms with Gasteiger partial charge in [0.05, 0.1) is 4.75 Å². The highest BCUT2D eigenvalue weighted by atomic mass is 32.2. The van der Waals surface area contributed by atoms with Gasteiger partial charge in [-0.3, -0.25) is 4.55 Å². The normalized spacial score (nSPS) is 11.9. The number of hydrogen-bond acceptors (Lipinski definition) is 4. The predicted octanol–water partition coefficient (Wildman–Crippen LogP) is 1.02. The van der Waals surface area contributed by atoms with Crippen LogP contribution in [0.15, 0.2) is 0 Å². The first-order valence-corrected chi connectivity index (χ1v) is 10.2. The van der Waals surface area contributed by atoms with E-state index in [2.05, 4.69) is 35.1 Å². The molecule has 0 saturated carbocycles. The second kappa shape index (κ2) is 11.0. The first kappa shape index (κ1) is 23.3. The van der Waals surface area contributed by atoms with E-state index in [9.17, 15) is 8.42 Å². The molecule has 142 valence electrons. The van der Waals surface area contributed by atoms with Gasteiger partial charge in [0.1, 0.15) is 0 Å². The molecular formula is C14H30N4O3S3. The molecule has 0 rings (SSSR count). The van der Waals surface area contributed by atoms with Gasteiger partial charge in [0.2, 0.25) is 0 Å². The lowest BCUT2D eigenvalue weighted by atomic mass is 10.1. The minimum absolute atomic E-state index is 0.246. The first-order chi connectivity index (χ1) is 11.0. The Morgan fingerprint density at radius 1 is 0.958 bits per heavy atom. The van der Waals surface area contributed by atoms with E-state index in [1.54, 1.807) is 0 Å². The molecule has 0 atom stereocenters. The van der Waals surface area contributed by atoms with Crippen molar-refractivity contribution in [3.8, 4) is 0 Å². The van der Waals surface area contributed by atoms with Gasteiger partial charge >= 0.3 is 0 Å². The topological polar surface area (TPSA) is 102 Å². The summed E-state index contributed by atoms with van der Waals surface area (Å²) in [6.45, 7) is 9.66. The van der Waals surface area contributed by atoms with E-state index in [1.165, 1.54) is 13.8 Å². The van der Waals surface area contributed by atoms with Crippen molar-refractivity contribution in [2.75, 3.05) is 26.2 Å². The smallest absolute Gasteiger partial charge is 0.270 e. The minimum atomic E-state index is -4.08. The Kier molecular flexibility index (Phi) is 10.7. The first-order valence-electron chi connectivity index (χ1n) is 7.96. The minimum Gasteiger partial charge on any atom is -0.363 e. The fraction of sp³-hybridized carbons (Fsp3) is 0.857. The molecule has 24 heavy (non-hydrogen) atoms. The number of rotatable bonds is 10. The van der Waals surface area contributed by atoms with E-state index in [1.807, 2.05) is 0 Å². The predicted molar refractivity (Wildman–Crippen MR) is 107 cm³/mol. The molecular weight excluding hydrogens is 368 g/mol. The van der Waals surface area contributed by atoms with Crippen LogP contribution in [0.25, 0.3) is 0 Å². The molecule has 0 aliphatic rings. The van der Waals surface area contributed by atoms with E-state index in [4.69, 9.17) is 29.0 Å². The summed E-state index contributed by atoms with van der Waals surface area (Å²) in [7, 11) is -4.08. The van der Waals surface area contributed by atoms with Crippen LogP contribution in [0, 0.1) is 5.92 Å². The highest BCUT2D eigenvalue weighted by Crippen LogP contribution is 2.18. The van der Waals surface area contributed by atoms with E-state index in [-0.39, 0.29) is 6.42 Å². The van der Waals surface area contributed by atoms with Gasteiger partial charge in [-0.1, -0.05) is 13.8 Å². The van der Waals surface area contributed by atoms with Crippen LogP contribution >= 0.6 is 24.4 Å². The molecule has 10 heteroatoms. The third-order valence-electron chi connectivity index (χ3n) is 3.41. The van der Waals surface area contributed by atoms with E-state index >= 15 is 0 Å². The quantitative estimate of drug-likeness (QED) is 0.210. The molecule has 0 heterocycles. The van der Waals surface area contributed by atoms with Crippen LogP contribution in [-0.4, -0.2) is 54.1 Å². The Hall–Kier alpha value is -0.710. The third kappa shape index (κ3) is 11.0. The molecule has 0 unspecified atom stereocenters. The number of hydrogen-bond donors (Lipinski definition) is 5. The summed E-state index contributed by atoms with van der Waals surface area (Å²) in [5.41, 5.74) is 0. The molecule has 0 aromatic rings. The van der Waals surface area contributed by atoms with Crippen molar-refractivity contribution >= 4 is 44.8 Å². The molecule has 7 nitrogen and oxygen atoms in total. The zero-order chi connectivity index (χ0) is 18.8. The van der Waals surface area contributed by atoms with Gasteiger partial charge < -0.3 is 21.3 Å². The summed E-state index contributed by atoms with van der Waals surface area (Å²) >= 11 is 10.3. The fourth-order valence-electron chi connectivity index (χ4n) is 1.56. The van der Waals surface area contributed by atoms with E-state index in [0.717, 1.165) is 13.0 Å². The van der Waals surface area contributed by atoms with Gasteiger partial charge in [0, 0.05) is 26.2 Å².